The van der Waals surface area contributed by atoms with Gasteiger partial charge in [0.1, 0.15) is 5.75 Å². The predicted molar refractivity (Wildman–Crippen MR) is 101 cm³/mol. The average Bonchev–Trinajstić information content (AvgIpc) is 3.33. The fourth-order valence-electron chi connectivity index (χ4n) is 3.29. The van der Waals surface area contributed by atoms with Gasteiger partial charge in [-0.1, -0.05) is 13.3 Å². The van der Waals surface area contributed by atoms with Gasteiger partial charge in [0.15, 0.2) is 0 Å². The smallest absolute Gasteiger partial charge is 0.243 e. The molecule has 0 radical (unpaired) electrons. The molecular formula is C19H28N2O4S. The van der Waals surface area contributed by atoms with Crippen LogP contribution >= 0.6 is 0 Å². The van der Waals surface area contributed by atoms with Crippen molar-refractivity contribution >= 4 is 21.6 Å². The number of nitrogens with zero attached hydrogens (tertiary/aromatic N) is 1. The fourth-order valence-corrected chi connectivity index (χ4v) is 4.83. The third kappa shape index (κ3) is 4.20. The molecular weight excluding hydrogens is 352 g/mol. The van der Waals surface area contributed by atoms with Crippen LogP contribution in [-0.4, -0.2) is 37.8 Å². The zero-order chi connectivity index (χ0) is 18.9. The van der Waals surface area contributed by atoms with E-state index in [4.69, 9.17) is 4.74 Å². The number of anilines is 1. The number of amides is 1. The van der Waals surface area contributed by atoms with Gasteiger partial charge in [-0.25, -0.2) is 8.42 Å². The first kappa shape index (κ1) is 19.2. The molecule has 0 spiro atoms. The highest BCUT2D eigenvalue weighted by molar-refractivity contribution is 7.89. The normalized spacial score (nSPS) is 23.7. The van der Waals surface area contributed by atoms with Crippen molar-refractivity contribution in [2.24, 2.45) is 11.8 Å². The zero-order valence-corrected chi connectivity index (χ0v) is 16.5. The molecule has 1 aromatic rings. The van der Waals surface area contributed by atoms with E-state index in [0.29, 0.717) is 30.4 Å². The van der Waals surface area contributed by atoms with Crippen molar-refractivity contribution in [2.45, 2.75) is 57.5 Å². The van der Waals surface area contributed by atoms with Crippen LogP contribution in [0.3, 0.4) is 0 Å². The molecule has 1 saturated heterocycles. The van der Waals surface area contributed by atoms with Gasteiger partial charge in [-0.05, 0) is 57.2 Å². The maximum atomic E-state index is 12.9. The molecule has 7 heteroatoms. The Morgan fingerprint density at radius 3 is 2.46 bits per heavy atom. The van der Waals surface area contributed by atoms with E-state index in [9.17, 15) is 13.2 Å². The summed E-state index contributed by atoms with van der Waals surface area (Å²) >= 11 is 0. The first-order valence-corrected chi connectivity index (χ1v) is 10.8. The largest absolute Gasteiger partial charge is 0.489 e. The van der Waals surface area contributed by atoms with Crippen molar-refractivity contribution in [1.82, 2.24) is 4.31 Å². The van der Waals surface area contributed by atoms with E-state index in [2.05, 4.69) is 5.32 Å². The maximum Gasteiger partial charge on any atom is 0.243 e. The van der Waals surface area contributed by atoms with E-state index in [-0.39, 0.29) is 22.8 Å². The van der Waals surface area contributed by atoms with Gasteiger partial charge >= 0.3 is 0 Å². The van der Waals surface area contributed by atoms with Crippen molar-refractivity contribution in [3.05, 3.63) is 18.2 Å². The Kier molecular flexibility index (Phi) is 5.58. The number of hydrogen-bond donors (Lipinski definition) is 1. The number of benzene rings is 1. The number of sulfonamides is 1. The van der Waals surface area contributed by atoms with Crippen molar-refractivity contribution < 1.29 is 17.9 Å². The van der Waals surface area contributed by atoms with Crippen LogP contribution in [0.15, 0.2) is 23.1 Å². The summed E-state index contributed by atoms with van der Waals surface area (Å²) in [5.74, 6) is 0.812. The Bertz CT molecular complexity index is 770. The number of piperidine rings is 1. The molecule has 1 amide bonds. The Labute approximate surface area is 156 Å². The van der Waals surface area contributed by atoms with E-state index in [0.717, 1.165) is 25.7 Å². The van der Waals surface area contributed by atoms with Crippen LogP contribution in [0.2, 0.25) is 0 Å². The molecule has 0 unspecified atom stereocenters. The fraction of sp³-hybridized carbons (Fsp3) is 0.632. The lowest BCUT2D eigenvalue weighted by Crippen LogP contribution is -2.35. The number of carbonyl (C=O) groups is 1. The van der Waals surface area contributed by atoms with E-state index >= 15 is 0 Å². The number of hydrogen-bond acceptors (Lipinski definition) is 4. The molecule has 2 fully saturated rings. The average molecular weight is 381 g/mol. The number of rotatable bonds is 6. The topological polar surface area (TPSA) is 75.7 Å². The number of ether oxygens (including phenoxy) is 1. The Hall–Kier alpha value is -1.60. The lowest BCUT2D eigenvalue weighted by molar-refractivity contribution is -0.117. The van der Waals surface area contributed by atoms with Gasteiger partial charge in [-0.2, -0.15) is 4.31 Å². The molecule has 2 aliphatic rings. The summed E-state index contributed by atoms with van der Waals surface area (Å²) < 4.78 is 33.2. The lowest BCUT2D eigenvalue weighted by atomic mass is 10.2. The molecule has 1 heterocycles. The summed E-state index contributed by atoms with van der Waals surface area (Å²) in [6, 6.07) is 4.74. The molecule has 1 aliphatic carbocycles. The molecule has 1 saturated carbocycles. The third-order valence-corrected chi connectivity index (χ3v) is 6.87. The van der Waals surface area contributed by atoms with Crippen LogP contribution in [0.1, 0.15) is 46.5 Å². The van der Waals surface area contributed by atoms with Crippen molar-refractivity contribution in [2.75, 3.05) is 18.4 Å². The predicted octanol–water partition coefficient (Wildman–Crippen LogP) is 3.24. The second-order valence-corrected chi connectivity index (χ2v) is 9.54. The van der Waals surface area contributed by atoms with Crippen LogP contribution in [0.4, 0.5) is 5.69 Å². The number of carbonyl (C=O) groups excluding carboxylic acids is 1. The van der Waals surface area contributed by atoms with Crippen LogP contribution in [0.5, 0.6) is 5.75 Å². The second-order valence-electron chi connectivity index (χ2n) is 7.60. The summed E-state index contributed by atoms with van der Waals surface area (Å²) in [7, 11) is -3.55. The molecule has 1 N–H and O–H groups in total. The minimum atomic E-state index is -3.55. The molecule has 0 aromatic heterocycles. The minimum absolute atomic E-state index is 0.00394. The molecule has 26 heavy (non-hydrogen) atoms. The second kappa shape index (κ2) is 7.56. The first-order valence-electron chi connectivity index (χ1n) is 9.41. The first-order chi connectivity index (χ1) is 12.3. The van der Waals surface area contributed by atoms with E-state index < -0.39 is 10.0 Å². The molecule has 6 nitrogen and oxygen atoms in total. The molecule has 1 aromatic carbocycles. The molecule has 3 rings (SSSR count). The SMILES string of the molecule is CC(C)Oc1ccc(S(=O)(=O)N2CCCCC2)cc1NC(=O)[C@H]1C[C@@H]1C. The van der Waals surface area contributed by atoms with Crippen LogP contribution in [0, 0.1) is 11.8 Å². The van der Waals surface area contributed by atoms with Crippen LogP contribution in [-0.2, 0) is 14.8 Å². The maximum absolute atomic E-state index is 12.9. The van der Waals surface area contributed by atoms with Gasteiger partial charge in [0.2, 0.25) is 15.9 Å². The summed E-state index contributed by atoms with van der Waals surface area (Å²) in [5, 5.41) is 2.88. The molecule has 0 bridgehead atoms. The lowest BCUT2D eigenvalue weighted by Gasteiger charge is -2.26. The third-order valence-electron chi connectivity index (χ3n) is 4.97. The summed E-state index contributed by atoms with van der Waals surface area (Å²) in [6.07, 6.45) is 3.63. The van der Waals surface area contributed by atoms with Gasteiger partial charge in [-0.3, -0.25) is 4.79 Å². The van der Waals surface area contributed by atoms with Gasteiger partial charge in [0, 0.05) is 19.0 Å². The quantitative estimate of drug-likeness (QED) is 0.822. The van der Waals surface area contributed by atoms with Crippen molar-refractivity contribution in [3.63, 3.8) is 0 Å². The number of nitrogens with one attached hydrogen (secondary N) is 1. The standard InChI is InChI=1S/C19H28N2O4S/c1-13(2)25-18-8-7-15(26(23,24)21-9-5-4-6-10-21)12-17(18)20-19(22)16-11-14(16)3/h7-8,12-14,16H,4-6,9-11H2,1-3H3,(H,20,22)/t14-,16-/m0/s1. The molecule has 144 valence electrons. The van der Waals surface area contributed by atoms with Gasteiger partial charge in [0.05, 0.1) is 16.7 Å². The Morgan fingerprint density at radius 1 is 1.23 bits per heavy atom. The monoisotopic (exact) mass is 380 g/mol. The molecule has 1 aliphatic heterocycles. The highest BCUT2D eigenvalue weighted by atomic mass is 32.2. The Morgan fingerprint density at radius 2 is 1.88 bits per heavy atom. The summed E-state index contributed by atoms with van der Waals surface area (Å²) in [4.78, 5) is 12.6. The van der Waals surface area contributed by atoms with E-state index in [1.54, 1.807) is 12.1 Å². The molecule has 2 atom stereocenters. The van der Waals surface area contributed by atoms with Gasteiger partial charge in [-0.15, -0.1) is 0 Å². The van der Waals surface area contributed by atoms with E-state index in [1.165, 1.54) is 10.4 Å². The van der Waals surface area contributed by atoms with Gasteiger partial charge < -0.3 is 10.1 Å². The summed E-state index contributed by atoms with van der Waals surface area (Å²) in [5.41, 5.74) is 0.431. The van der Waals surface area contributed by atoms with Crippen molar-refractivity contribution in [1.29, 1.82) is 0 Å². The van der Waals surface area contributed by atoms with Crippen molar-refractivity contribution in [3.8, 4) is 5.75 Å². The zero-order valence-electron chi connectivity index (χ0n) is 15.7. The Balaban J connectivity index is 1.89. The van der Waals surface area contributed by atoms with Gasteiger partial charge in [0.25, 0.3) is 0 Å². The van der Waals surface area contributed by atoms with E-state index in [1.807, 2.05) is 20.8 Å². The summed E-state index contributed by atoms with van der Waals surface area (Å²) in [6.45, 7) is 6.93. The van der Waals surface area contributed by atoms with Crippen LogP contribution < -0.4 is 10.1 Å². The highest BCUT2D eigenvalue weighted by Gasteiger charge is 2.39. The minimum Gasteiger partial charge on any atom is -0.489 e. The highest BCUT2D eigenvalue weighted by Crippen LogP contribution is 2.39. The van der Waals surface area contributed by atoms with Crippen LogP contribution in [0.25, 0.3) is 0 Å².